The fourth-order valence-electron chi connectivity index (χ4n) is 1.69. The van der Waals surface area contributed by atoms with Crippen LogP contribution >= 0.6 is 22.9 Å². The van der Waals surface area contributed by atoms with Crippen LogP contribution in [0.5, 0.6) is 0 Å². The summed E-state index contributed by atoms with van der Waals surface area (Å²) >= 11 is 7.55. The number of thiophene rings is 1. The van der Waals surface area contributed by atoms with Gasteiger partial charge in [0, 0.05) is 27.9 Å². The maximum Gasteiger partial charge on any atom is 0.240 e. The van der Waals surface area contributed by atoms with Gasteiger partial charge >= 0.3 is 0 Å². The molecule has 0 aliphatic carbocycles. The molecule has 0 fully saturated rings. The second kappa shape index (κ2) is 6.24. The molecule has 0 spiro atoms. The maximum absolute atomic E-state index is 12.2. The van der Waals surface area contributed by atoms with E-state index in [1.165, 1.54) is 12.1 Å². The zero-order valence-corrected chi connectivity index (χ0v) is 13.3. The Morgan fingerprint density at radius 2 is 2.05 bits per heavy atom. The highest BCUT2D eigenvalue weighted by atomic mass is 35.5. The number of benzene rings is 1. The number of hydrogen-bond acceptors (Lipinski definition) is 4. The van der Waals surface area contributed by atoms with E-state index >= 15 is 0 Å². The van der Waals surface area contributed by atoms with E-state index in [1.54, 1.807) is 17.4 Å². The first kappa shape index (κ1) is 15.5. The third-order valence-corrected chi connectivity index (χ3v) is 5.54. The summed E-state index contributed by atoms with van der Waals surface area (Å²) in [5, 5.41) is 0.363. The van der Waals surface area contributed by atoms with Crippen molar-refractivity contribution in [3.05, 3.63) is 50.7 Å². The molecule has 20 heavy (non-hydrogen) atoms. The van der Waals surface area contributed by atoms with Gasteiger partial charge in [0.25, 0.3) is 0 Å². The summed E-state index contributed by atoms with van der Waals surface area (Å²) in [4.78, 5) is 2.26. The summed E-state index contributed by atoms with van der Waals surface area (Å²) in [6.45, 7) is 2.53. The Morgan fingerprint density at radius 1 is 1.30 bits per heavy atom. The Hall–Kier alpha value is -0.920. The average molecular weight is 331 g/mol. The molecule has 0 radical (unpaired) electrons. The van der Waals surface area contributed by atoms with Crippen LogP contribution in [-0.2, 0) is 23.1 Å². The van der Waals surface area contributed by atoms with Crippen LogP contribution in [0.3, 0.4) is 0 Å². The SMILES string of the molecule is Cc1ccc(CNS(=O)(=O)c2ccc(CN)c(Cl)c2)s1. The molecule has 4 nitrogen and oxygen atoms in total. The van der Waals surface area contributed by atoms with Crippen LogP contribution in [0.1, 0.15) is 15.3 Å². The smallest absolute Gasteiger partial charge is 0.240 e. The van der Waals surface area contributed by atoms with Gasteiger partial charge in [0.2, 0.25) is 10.0 Å². The molecule has 0 saturated heterocycles. The lowest BCUT2D eigenvalue weighted by atomic mass is 10.2. The van der Waals surface area contributed by atoms with Crippen LogP contribution in [0.15, 0.2) is 35.2 Å². The van der Waals surface area contributed by atoms with E-state index in [9.17, 15) is 8.42 Å². The van der Waals surface area contributed by atoms with Crippen molar-refractivity contribution in [3.63, 3.8) is 0 Å². The highest BCUT2D eigenvalue weighted by molar-refractivity contribution is 7.89. The van der Waals surface area contributed by atoms with Crippen LogP contribution in [0.2, 0.25) is 5.02 Å². The Kier molecular flexibility index (Phi) is 4.82. The van der Waals surface area contributed by atoms with Gasteiger partial charge < -0.3 is 5.73 Å². The van der Waals surface area contributed by atoms with Gasteiger partial charge in [-0.25, -0.2) is 13.1 Å². The molecule has 0 unspecified atom stereocenters. The highest BCUT2D eigenvalue weighted by Gasteiger charge is 2.15. The number of nitrogens with one attached hydrogen (secondary N) is 1. The molecule has 0 amide bonds. The van der Waals surface area contributed by atoms with Crippen molar-refractivity contribution < 1.29 is 8.42 Å². The van der Waals surface area contributed by atoms with Crippen molar-refractivity contribution in [3.8, 4) is 0 Å². The molecule has 2 aromatic rings. The summed E-state index contributed by atoms with van der Waals surface area (Å²) in [6, 6.07) is 8.43. The van der Waals surface area contributed by atoms with Gasteiger partial charge in [-0.05, 0) is 36.8 Å². The molecule has 0 aliphatic rings. The Morgan fingerprint density at radius 3 is 2.60 bits per heavy atom. The number of aryl methyl sites for hydroxylation is 1. The summed E-state index contributed by atoms with van der Waals surface area (Å²) in [5.74, 6) is 0. The lowest BCUT2D eigenvalue weighted by Crippen LogP contribution is -2.22. The first-order valence-electron chi connectivity index (χ1n) is 5.96. The van der Waals surface area contributed by atoms with Gasteiger partial charge in [0.15, 0.2) is 0 Å². The fourth-order valence-corrected chi connectivity index (χ4v) is 3.97. The standard InChI is InChI=1S/C13H15ClN2O2S2/c1-9-2-4-11(19-9)8-16-20(17,18)12-5-3-10(7-15)13(14)6-12/h2-6,16H,7-8,15H2,1H3. The zero-order chi connectivity index (χ0) is 14.8. The minimum absolute atomic E-state index is 0.146. The number of halogens is 1. The molecule has 0 bridgehead atoms. The normalized spacial score (nSPS) is 11.8. The molecule has 1 aromatic heterocycles. The van der Waals surface area contributed by atoms with Gasteiger partial charge in [-0.15, -0.1) is 11.3 Å². The second-order valence-corrected chi connectivity index (χ2v) is 7.84. The van der Waals surface area contributed by atoms with Crippen molar-refractivity contribution in [2.24, 2.45) is 5.73 Å². The van der Waals surface area contributed by atoms with E-state index in [0.29, 0.717) is 5.02 Å². The monoisotopic (exact) mass is 330 g/mol. The minimum Gasteiger partial charge on any atom is -0.326 e. The van der Waals surface area contributed by atoms with E-state index in [4.69, 9.17) is 17.3 Å². The Labute approximate surface area is 127 Å². The van der Waals surface area contributed by atoms with E-state index in [2.05, 4.69) is 4.72 Å². The van der Waals surface area contributed by atoms with Gasteiger partial charge in [-0.3, -0.25) is 0 Å². The van der Waals surface area contributed by atoms with E-state index in [-0.39, 0.29) is 18.0 Å². The molecule has 3 N–H and O–H groups in total. The number of hydrogen-bond donors (Lipinski definition) is 2. The summed E-state index contributed by atoms with van der Waals surface area (Å²) in [6.07, 6.45) is 0. The van der Waals surface area contributed by atoms with Gasteiger partial charge in [0.1, 0.15) is 0 Å². The van der Waals surface area contributed by atoms with Crippen molar-refractivity contribution in [1.29, 1.82) is 0 Å². The molecule has 0 aliphatic heterocycles. The van der Waals surface area contributed by atoms with E-state index in [1.807, 2.05) is 19.1 Å². The molecular formula is C13H15ClN2O2S2. The molecule has 2 rings (SSSR count). The number of rotatable bonds is 5. The molecule has 108 valence electrons. The van der Waals surface area contributed by atoms with Crippen molar-refractivity contribution in [2.75, 3.05) is 0 Å². The molecular weight excluding hydrogens is 316 g/mol. The van der Waals surface area contributed by atoms with Crippen molar-refractivity contribution in [2.45, 2.75) is 24.9 Å². The van der Waals surface area contributed by atoms with Crippen LogP contribution < -0.4 is 10.5 Å². The predicted octanol–water partition coefficient (Wildman–Crippen LogP) is 2.65. The van der Waals surface area contributed by atoms with Crippen LogP contribution in [-0.4, -0.2) is 8.42 Å². The minimum atomic E-state index is -3.57. The molecule has 7 heteroatoms. The van der Waals surface area contributed by atoms with Gasteiger partial charge in [-0.1, -0.05) is 17.7 Å². The Balaban J connectivity index is 2.15. The first-order valence-corrected chi connectivity index (χ1v) is 8.63. The summed E-state index contributed by atoms with van der Waals surface area (Å²) in [5.41, 5.74) is 6.22. The fraction of sp³-hybridized carbons (Fsp3) is 0.231. The second-order valence-electron chi connectivity index (χ2n) is 4.29. The van der Waals surface area contributed by atoms with Crippen LogP contribution in [0, 0.1) is 6.92 Å². The largest absolute Gasteiger partial charge is 0.326 e. The van der Waals surface area contributed by atoms with E-state index < -0.39 is 10.0 Å². The summed E-state index contributed by atoms with van der Waals surface area (Å²) < 4.78 is 26.9. The lowest BCUT2D eigenvalue weighted by Gasteiger charge is -2.08. The average Bonchev–Trinajstić information content (AvgIpc) is 2.82. The molecule has 1 heterocycles. The topological polar surface area (TPSA) is 72.2 Å². The highest BCUT2D eigenvalue weighted by Crippen LogP contribution is 2.21. The maximum atomic E-state index is 12.2. The Bertz CT molecular complexity index is 711. The molecule has 0 saturated carbocycles. The third-order valence-electron chi connectivity index (χ3n) is 2.79. The van der Waals surface area contributed by atoms with Gasteiger partial charge in [-0.2, -0.15) is 0 Å². The van der Waals surface area contributed by atoms with Gasteiger partial charge in [0.05, 0.1) is 4.90 Å². The summed E-state index contributed by atoms with van der Waals surface area (Å²) in [7, 11) is -3.57. The predicted molar refractivity (Wildman–Crippen MR) is 82.4 cm³/mol. The van der Waals surface area contributed by atoms with Crippen molar-refractivity contribution >= 4 is 33.0 Å². The quantitative estimate of drug-likeness (QED) is 0.885. The van der Waals surface area contributed by atoms with Crippen LogP contribution in [0.4, 0.5) is 0 Å². The first-order chi connectivity index (χ1) is 9.42. The van der Waals surface area contributed by atoms with Crippen molar-refractivity contribution in [1.82, 2.24) is 4.72 Å². The molecule has 0 atom stereocenters. The number of nitrogens with two attached hydrogens (primary N) is 1. The molecule has 1 aromatic carbocycles. The zero-order valence-electron chi connectivity index (χ0n) is 10.9. The number of sulfonamides is 1. The third kappa shape index (κ3) is 3.59. The van der Waals surface area contributed by atoms with E-state index in [0.717, 1.165) is 15.3 Å². The van der Waals surface area contributed by atoms with Crippen LogP contribution in [0.25, 0.3) is 0 Å². The lowest BCUT2D eigenvalue weighted by molar-refractivity contribution is 0.582.